The average Bonchev–Trinajstić information content (AvgIpc) is 3.60. The van der Waals surface area contributed by atoms with Crippen molar-refractivity contribution in [3.63, 3.8) is 0 Å². The lowest BCUT2D eigenvalue weighted by Gasteiger charge is -2.40. The molecule has 3 heterocycles. The molecular weight excluding hydrogens is 469 g/mol. The zero-order valence-electron chi connectivity index (χ0n) is 20.0. The third-order valence-electron chi connectivity index (χ3n) is 7.27. The highest BCUT2D eigenvalue weighted by molar-refractivity contribution is 5.63. The molecule has 2 aromatic heterocycles. The van der Waals surface area contributed by atoms with E-state index in [-0.39, 0.29) is 17.5 Å². The van der Waals surface area contributed by atoms with Gasteiger partial charge in [-0.25, -0.2) is 18.2 Å². The normalized spacial score (nSPS) is 23.1. The van der Waals surface area contributed by atoms with Gasteiger partial charge in [0.25, 0.3) is 0 Å². The smallest absolute Gasteiger partial charge is 0.149 e. The van der Waals surface area contributed by atoms with Crippen LogP contribution in [-0.2, 0) is 18.4 Å². The molecular formula is C27H29F3N4O2. The molecule has 0 radical (unpaired) electrons. The molecule has 5 rings (SSSR count). The number of aliphatic hydroxyl groups excluding tert-OH is 1. The summed E-state index contributed by atoms with van der Waals surface area (Å²) < 4.78 is 44.4. The van der Waals surface area contributed by atoms with Crippen LogP contribution in [0.4, 0.5) is 18.9 Å². The van der Waals surface area contributed by atoms with Gasteiger partial charge in [-0.2, -0.15) is 0 Å². The molecule has 9 heteroatoms. The highest BCUT2D eigenvalue weighted by atomic mass is 19.1. The lowest BCUT2D eigenvalue weighted by Crippen LogP contribution is -2.55. The Morgan fingerprint density at radius 2 is 1.78 bits per heavy atom. The van der Waals surface area contributed by atoms with Crippen LogP contribution in [0, 0.1) is 23.4 Å². The van der Waals surface area contributed by atoms with E-state index < -0.39 is 40.4 Å². The van der Waals surface area contributed by atoms with E-state index in [1.165, 1.54) is 6.07 Å². The molecule has 3 aromatic rings. The Balaban J connectivity index is 1.38. The first-order chi connectivity index (χ1) is 17.2. The molecule has 4 N–H and O–H groups in total. The van der Waals surface area contributed by atoms with Crippen LogP contribution < -0.4 is 10.6 Å². The Labute approximate surface area is 207 Å². The van der Waals surface area contributed by atoms with Gasteiger partial charge in [0.15, 0.2) is 0 Å². The second-order valence-electron chi connectivity index (χ2n) is 10.0. The monoisotopic (exact) mass is 498 g/mol. The molecule has 1 aliphatic heterocycles. The molecule has 1 aliphatic carbocycles. The second kappa shape index (κ2) is 9.46. The molecule has 36 heavy (non-hydrogen) atoms. The van der Waals surface area contributed by atoms with Crippen molar-refractivity contribution in [1.82, 2.24) is 9.97 Å². The standard InChI is InChI=1S/C27H29F3N4O2/c1-15-13-34(14-22(31)26(15)35)23-6-9-32-12-16(23)2-3-18-4-5-19(28)25(33-18)24-20(29)10-17(11-21(24)30)27(36)7-8-27/h4-6,9-12,15,22,26,35-36H,2-3,7-8,13-14,31H2,1H3/t15-,22+,26+/m0/s1. The molecule has 2 fully saturated rings. The van der Waals surface area contributed by atoms with Gasteiger partial charge < -0.3 is 20.8 Å². The van der Waals surface area contributed by atoms with Gasteiger partial charge in [0.2, 0.25) is 0 Å². The van der Waals surface area contributed by atoms with Gasteiger partial charge in [0.1, 0.15) is 23.1 Å². The quantitative estimate of drug-likeness (QED) is 0.482. The molecule has 2 aliphatic rings. The number of nitrogens with two attached hydrogens (primary N) is 1. The molecule has 0 spiro atoms. The molecule has 1 saturated heterocycles. The molecule has 1 saturated carbocycles. The van der Waals surface area contributed by atoms with E-state index in [0.717, 1.165) is 29.4 Å². The van der Waals surface area contributed by atoms with E-state index in [1.54, 1.807) is 12.4 Å². The van der Waals surface area contributed by atoms with Crippen LogP contribution in [0.5, 0.6) is 0 Å². The van der Waals surface area contributed by atoms with Crippen molar-refractivity contribution in [3.05, 3.63) is 77.0 Å². The highest BCUT2D eigenvalue weighted by Gasteiger charge is 2.43. The first-order valence-electron chi connectivity index (χ1n) is 12.2. The number of anilines is 1. The van der Waals surface area contributed by atoms with E-state index in [1.807, 2.05) is 13.0 Å². The van der Waals surface area contributed by atoms with Gasteiger partial charge in [-0.3, -0.25) is 4.98 Å². The summed E-state index contributed by atoms with van der Waals surface area (Å²) in [6.45, 7) is 3.11. The Bertz CT molecular complexity index is 1250. The number of halogens is 3. The fourth-order valence-corrected chi connectivity index (χ4v) is 4.97. The van der Waals surface area contributed by atoms with Crippen LogP contribution >= 0.6 is 0 Å². The Morgan fingerprint density at radius 3 is 2.44 bits per heavy atom. The van der Waals surface area contributed by atoms with Crippen molar-refractivity contribution in [3.8, 4) is 11.3 Å². The van der Waals surface area contributed by atoms with Crippen LogP contribution in [0.15, 0.2) is 42.7 Å². The number of aromatic nitrogens is 2. The predicted molar refractivity (Wildman–Crippen MR) is 130 cm³/mol. The van der Waals surface area contributed by atoms with Crippen molar-refractivity contribution >= 4 is 5.69 Å². The maximum atomic E-state index is 14.9. The highest BCUT2D eigenvalue weighted by Crippen LogP contribution is 2.46. The number of pyridine rings is 2. The summed E-state index contributed by atoms with van der Waals surface area (Å²) in [5, 5.41) is 20.4. The average molecular weight is 499 g/mol. The van der Waals surface area contributed by atoms with Crippen molar-refractivity contribution in [2.24, 2.45) is 11.7 Å². The third kappa shape index (κ3) is 4.70. The molecule has 0 unspecified atom stereocenters. The van der Waals surface area contributed by atoms with Crippen LogP contribution in [-0.4, -0.2) is 45.4 Å². The van der Waals surface area contributed by atoms with Crippen molar-refractivity contribution in [2.75, 3.05) is 18.0 Å². The Kier molecular flexibility index (Phi) is 6.48. The zero-order valence-corrected chi connectivity index (χ0v) is 20.0. The Hall–Kier alpha value is -3.01. The molecule has 1 aromatic carbocycles. The number of hydrogen-bond donors (Lipinski definition) is 3. The third-order valence-corrected chi connectivity index (χ3v) is 7.27. The molecule has 190 valence electrons. The molecule has 3 atom stereocenters. The Morgan fingerprint density at radius 1 is 1.06 bits per heavy atom. The van der Waals surface area contributed by atoms with Gasteiger partial charge in [-0.1, -0.05) is 6.92 Å². The lowest BCUT2D eigenvalue weighted by molar-refractivity contribution is 0.0784. The van der Waals surface area contributed by atoms with Gasteiger partial charge in [0.05, 0.1) is 17.3 Å². The number of hydrogen-bond acceptors (Lipinski definition) is 6. The van der Waals surface area contributed by atoms with Gasteiger partial charge in [0, 0.05) is 48.8 Å². The number of aryl methyl sites for hydroxylation is 2. The number of nitrogens with zero attached hydrogens (tertiary/aromatic N) is 3. The van der Waals surface area contributed by atoms with E-state index in [4.69, 9.17) is 5.73 Å². The second-order valence-corrected chi connectivity index (χ2v) is 10.0. The van der Waals surface area contributed by atoms with E-state index in [2.05, 4.69) is 14.9 Å². The SMILES string of the molecule is C[C@H]1CN(c2ccncc2CCc2ccc(F)c(-c3c(F)cc(C4(O)CC4)cc3F)n2)C[C@@H](N)[C@@H]1O. The van der Waals surface area contributed by atoms with Crippen molar-refractivity contribution in [1.29, 1.82) is 0 Å². The van der Waals surface area contributed by atoms with Gasteiger partial charge in [-0.15, -0.1) is 0 Å². The van der Waals surface area contributed by atoms with Crippen LogP contribution in [0.1, 0.15) is 36.6 Å². The summed E-state index contributed by atoms with van der Waals surface area (Å²) >= 11 is 0. The summed E-state index contributed by atoms with van der Waals surface area (Å²) in [6.07, 6.45) is 4.67. The first kappa shape index (κ1) is 24.7. The van der Waals surface area contributed by atoms with Gasteiger partial charge in [-0.05, 0) is 67.1 Å². The molecule has 6 nitrogen and oxygen atoms in total. The summed E-state index contributed by atoms with van der Waals surface area (Å²) in [5.74, 6) is -2.73. The van der Waals surface area contributed by atoms with Gasteiger partial charge >= 0.3 is 0 Å². The zero-order chi connectivity index (χ0) is 25.6. The molecule has 0 bridgehead atoms. The minimum atomic E-state index is -1.20. The topological polar surface area (TPSA) is 95.5 Å². The summed E-state index contributed by atoms with van der Waals surface area (Å²) in [4.78, 5) is 10.6. The maximum absolute atomic E-state index is 14.9. The van der Waals surface area contributed by atoms with Crippen LogP contribution in [0.3, 0.4) is 0 Å². The van der Waals surface area contributed by atoms with E-state index in [0.29, 0.717) is 44.5 Å². The van der Waals surface area contributed by atoms with Crippen LogP contribution in [0.2, 0.25) is 0 Å². The largest absolute Gasteiger partial charge is 0.391 e. The number of piperidine rings is 1. The summed E-state index contributed by atoms with van der Waals surface area (Å²) in [6, 6.07) is 6.31. The summed E-state index contributed by atoms with van der Waals surface area (Å²) in [5.41, 5.74) is 6.50. The number of benzene rings is 1. The fourth-order valence-electron chi connectivity index (χ4n) is 4.97. The predicted octanol–water partition coefficient (Wildman–Crippen LogP) is 3.47. The van der Waals surface area contributed by atoms with E-state index >= 15 is 0 Å². The van der Waals surface area contributed by atoms with Crippen molar-refractivity contribution in [2.45, 2.75) is 50.4 Å². The minimum Gasteiger partial charge on any atom is -0.391 e. The number of aliphatic hydroxyl groups is 2. The molecule has 0 amide bonds. The number of rotatable bonds is 6. The van der Waals surface area contributed by atoms with Crippen molar-refractivity contribution < 1.29 is 23.4 Å². The maximum Gasteiger partial charge on any atom is 0.149 e. The fraction of sp³-hybridized carbons (Fsp3) is 0.407. The lowest BCUT2D eigenvalue weighted by atomic mass is 9.92. The minimum absolute atomic E-state index is 0.00731. The van der Waals surface area contributed by atoms with Crippen LogP contribution in [0.25, 0.3) is 11.3 Å². The first-order valence-corrected chi connectivity index (χ1v) is 12.2. The van der Waals surface area contributed by atoms with E-state index in [9.17, 15) is 23.4 Å². The summed E-state index contributed by atoms with van der Waals surface area (Å²) in [7, 11) is 0.